The van der Waals surface area contributed by atoms with E-state index in [1.807, 2.05) is 31.2 Å². The van der Waals surface area contributed by atoms with Crippen LogP contribution in [0, 0.1) is 12.7 Å². The Labute approximate surface area is 111 Å². The molecule has 2 aromatic carbocycles. The molecule has 0 unspecified atom stereocenters. The van der Waals surface area contributed by atoms with E-state index in [9.17, 15) is 4.39 Å². The molecule has 0 saturated carbocycles. The molecule has 4 heteroatoms. The number of anilines is 1. The lowest BCUT2D eigenvalue weighted by atomic mass is 10.2. The second-order valence-corrected chi connectivity index (χ2v) is 4.28. The first-order chi connectivity index (χ1) is 9.10. The Bertz CT molecular complexity index is 584. The number of methoxy groups -OCH3 is 1. The van der Waals surface area contributed by atoms with Crippen molar-refractivity contribution in [2.45, 2.75) is 13.5 Å². The van der Waals surface area contributed by atoms with Crippen LogP contribution in [-0.2, 0) is 6.61 Å². The molecule has 0 heterocycles. The minimum absolute atomic E-state index is 0.203. The summed E-state index contributed by atoms with van der Waals surface area (Å²) in [6.07, 6.45) is 0. The van der Waals surface area contributed by atoms with Gasteiger partial charge in [0.2, 0.25) is 0 Å². The van der Waals surface area contributed by atoms with Gasteiger partial charge < -0.3 is 15.2 Å². The van der Waals surface area contributed by atoms with Gasteiger partial charge in [-0.3, -0.25) is 0 Å². The molecular formula is C15H16FNO2. The lowest BCUT2D eigenvalue weighted by molar-refractivity contribution is 0.289. The Morgan fingerprint density at radius 1 is 1.21 bits per heavy atom. The summed E-state index contributed by atoms with van der Waals surface area (Å²) in [5, 5.41) is 0. The summed E-state index contributed by atoms with van der Waals surface area (Å²) in [6, 6.07) is 10.3. The lowest BCUT2D eigenvalue weighted by Gasteiger charge is -2.10. The SMILES string of the molecule is COc1cccc(COc2cc(C)c(N)cc2F)c1. The maximum Gasteiger partial charge on any atom is 0.167 e. The van der Waals surface area contributed by atoms with Gasteiger partial charge in [0.05, 0.1) is 7.11 Å². The summed E-state index contributed by atoms with van der Waals surface area (Å²) in [4.78, 5) is 0. The molecule has 0 aliphatic heterocycles. The van der Waals surface area contributed by atoms with Gasteiger partial charge in [-0.2, -0.15) is 0 Å². The van der Waals surface area contributed by atoms with Crippen molar-refractivity contribution in [1.82, 2.24) is 0 Å². The minimum atomic E-state index is -0.453. The Kier molecular flexibility index (Phi) is 3.90. The maximum atomic E-state index is 13.6. The molecule has 0 fully saturated rings. The van der Waals surface area contributed by atoms with Crippen molar-refractivity contribution >= 4 is 5.69 Å². The third-order valence-corrected chi connectivity index (χ3v) is 2.85. The second kappa shape index (κ2) is 5.61. The van der Waals surface area contributed by atoms with E-state index in [-0.39, 0.29) is 12.4 Å². The van der Waals surface area contributed by atoms with Crippen LogP contribution in [0.25, 0.3) is 0 Å². The Hall–Kier alpha value is -2.23. The average Bonchev–Trinajstić information content (AvgIpc) is 2.41. The quantitative estimate of drug-likeness (QED) is 0.859. The van der Waals surface area contributed by atoms with Gasteiger partial charge in [0.1, 0.15) is 12.4 Å². The first-order valence-corrected chi connectivity index (χ1v) is 5.91. The number of rotatable bonds is 4. The molecule has 0 aliphatic carbocycles. The first-order valence-electron chi connectivity index (χ1n) is 5.91. The number of hydrogen-bond donors (Lipinski definition) is 1. The molecule has 100 valence electrons. The average molecular weight is 261 g/mol. The van der Waals surface area contributed by atoms with E-state index in [4.69, 9.17) is 15.2 Å². The predicted molar refractivity (Wildman–Crippen MR) is 72.9 cm³/mol. The van der Waals surface area contributed by atoms with Crippen LogP contribution >= 0.6 is 0 Å². The van der Waals surface area contributed by atoms with E-state index in [0.717, 1.165) is 16.9 Å². The van der Waals surface area contributed by atoms with E-state index in [2.05, 4.69) is 0 Å². The van der Waals surface area contributed by atoms with Crippen molar-refractivity contribution < 1.29 is 13.9 Å². The van der Waals surface area contributed by atoms with E-state index in [1.165, 1.54) is 6.07 Å². The predicted octanol–water partition coefficient (Wildman–Crippen LogP) is 3.30. The Morgan fingerprint density at radius 2 is 2.00 bits per heavy atom. The maximum absolute atomic E-state index is 13.6. The summed E-state index contributed by atoms with van der Waals surface area (Å²) < 4.78 is 24.2. The van der Waals surface area contributed by atoms with Crippen LogP contribution in [0.1, 0.15) is 11.1 Å². The van der Waals surface area contributed by atoms with Gasteiger partial charge in [0, 0.05) is 11.8 Å². The van der Waals surface area contributed by atoms with Crippen LogP contribution < -0.4 is 15.2 Å². The van der Waals surface area contributed by atoms with Crippen LogP contribution in [0.4, 0.5) is 10.1 Å². The third kappa shape index (κ3) is 3.16. The summed E-state index contributed by atoms with van der Waals surface area (Å²) in [6.45, 7) is 2.09. The smallest absolute Gasteiger partial charge is 0.167 e. The summed E-state index contributed by atoms with van der Waals surface area (Å²) >= 11 is 0. The van der Waals surface area contributed by atoms with E-state index in [0.29, 0.717) is 5.69 Å². The Balaban J connectivity index is 2.12. The van der Waals surface area contributed by atoms with Crippen molar-refractivity contribution in [2.75, 3.05) is 12.8 Å². The molecule has 2 aromatic rings. The summed E-state index contributed by atoms with van der Waals surface area (Å²) in [5.41, 5.74) is 7.75. The standard InChI is InChI=1S/C15H16FNO2/c1-10-6-15(13(16)8-14(10)17)19-9-11-4-3-5-12(7-11)18-2/h3-8H,9,17H2,1-2H3. The van der Waals surface area contributed by atoms with Gasteiger partial charge in [-0.15, -0.1) is 0 Å². The second-order valence-electron chi connectivity index (χ2n) is 4.28. The van der Waals surface area contributed by atoms with Crippen LogP contribution in [0.5, 0.6) is 11.5 Å². The molecule has 19 heavy (non-hydrogen) atoms. The van der Waals surface area contributed by atoms with Gasteiger partial charge in [0.25, 0.3) is 0 Å². The molecule has 2 N–H and O–H groups in total. The molecule has 0 aliphatic rings. The molecule has 0 saturated heterocycles. The Morgan fingerprint density at radius 3 is 2.74 bits per heavy atom. The van der Waals surface area contributed by atoms with E-state index >= 15 is 0 Å². The van der Waals surface area contributed by atoms with Crippen molar-refractivity contribution in [3.05, 3.63) is 53.3 Å². The molecule has 3 nitrogen and oxygen atoms in total. The lowest BCUT2D eigenvalue weighted by Crippen LogP contribution is -2.00. The molecule has 0 aromatic heterocycles. The monoisotopic (exact) mass is 261 g/mol. The van der Waals surface area contributed by atoms with Crippen molar-refractivity contribution in [1.29, 1.82) is 0 Å². The van der Waals surface area contributed by atoms with Crippen LogP contribution in [0.2, 0.25) is 0 Å². The molecule has 0 bridgehead atoms. The van der Waals surface area contributed by atoms with Gasteiger partial charge >= 0.3 is 0 Å². The number of ether oxygens (including phenoxy) is 2. The molecule has 2 rings (SSSR count). The summed E-state index contributed by atoms with van der Waals surface area (Å²) in [5.74, 6) is 0.496. The fraction of sp³-hybridized carbons (Fsp3) is 0.200. The van der Waals surface area contributed by atoms with Gasteiger partial charge in [0.15, 0.2) is 11.6 Å². The van der Waals surface area contributed by atoms with Gasteiger partial charge in [-0.25, -0.2) is 4.39 Å². The molecular weight excluding hydrogens is 245 g/mol. The fourth-order valence-electron chi connectivity index (χ4n) is 1.70. The van der Waals surface area contributed by atoms with Crippen molar-refractivity contribution in [3.63, 3.8) is 0 Å². The largest absolute Gasteiger partial charge is 0.497 e. The zero-order chi connectivity index (χ0) is 13.8. The van der Waals surface area contributed by atoms with Crippen LogP contribution in [0.3, 0.4) is 0 Å². The minimum Gasteiger partial charge on any atom is -0.497 e. The summed E-state index contributed by atoms with van der Waals surface area (Å²) in [7, 11) is 1.60. The highest BCUT2D eigenvalue weighted by Gasteiger charge is 2.07. The highest BCUT2D eigenvalue weighted by molar-refractivity contribution is 5.50. The van der Waals surface area contributed by atoms with Gasteiger partial charge in [-0.05, 0) is 36.2 Å². The molecule has 0 amide bonds. The highest BCUT2D eigenvalue weighted by Crippen LogP contribution is 2.24. The number of benzene rings is 2. The molecule has 0 radical (unpaired) electrons. The normalized spacial score (nSPS) is 10.3. The number of halogens is 1. The molecule has 0 atom stereocenters. The van der Waals surface area contributed by atoms with Crippen LogP contribution in [0.15, 0.2) is 36.4 Å². The first kappa shape index (κ1) is 13.2. The third-order valence-electron chi connectivity index (χ3n) is 2.85. The number of nitrogens with two attached hydrogens (primary N) is 1. The number of hydrogen-bond acceptors (Lipinski definition) is 3. The zero-order valence-corrected chi connectivity index (χ0v) is 10.9. The fourth-order valence-corrected chi connectivity index (χ4v) is 1.70. The number of aryl methyl sites for hydroxylation is 1. The van der Waals surface area contributed by atoms with Crippen LogP contribution in [-0.4, -0.2) is 7.11 Å². The molecule has 0 spiro atoms. The number of nitrogen functional groups attached to an aromatic ring is 1. The van der Waals surface area contributed by atoms with Crippen molar-refractivity contribution in [3.8, 4) is 11.5 Å². The van der Waals surface area contributed by atoms with Gasteiger partial charge in [-0.1, -0.05) is 12.1 Å². The van der Waals surface area contributed by atoms with E-state index < -0.39 is 5.82 Å². The van der Waals surface area contributed by atoms with E-state index in [1.54, 1.807) is 13.2 Å². The topological polar surface area (TPSA) is 44.5 Å². The zero-order valence-electron chi connectivity index (χ0n) is 10.9. The van der Waals surface area contributed by atoms with Crippen molar-refractivity contribution in [2.24, 2.45) is 0 Å². The highest BCUT2D eigenvalue weighted by atomic mass is 19.1.